The van der Waals surface area contributed by atoms with Gasteiger partial charge in [0.2, 0.25) is 0 Å². The van der Waals surface area contributed by atoms with E-state index in [2.05, 4.69) is 13.8 Å². The van der Waals surface area contributed by atoms with Crippen LogP contribution in [0.15, 0.2) is 0 Å². The average molecular weight is 651 g/mol. The SMILES string of the molecule is CCCCCCC[C@H](CC(=O)O)OC(=O)C[C@@H](CCCCCCC)O[C@@H]1OC(C)[C@H](O)[C@H](O)C1O[C@@H]1OC(C)[C@H](O)[C@H](O)C1O. The van der Waals surface area contributed by atoms with Gasteiger partial charge in [-0.2, -0.15) is 0 Å². The third kappa shape index (κ3) is 13.3. The molecule has 0 saturated carbocycles. The zero-order valence-electron chi connectivity index (χ0n) is 27.4. The molecule has 2 fully saturated rings. The Morgan fingerprint density at radius 1 is 0.644 bits per heavy atom. The predicted molar refractivity (Wildman–Crippen MR) is 162 cm³/mol. The molecule has 0 aromatic heterocycles. The van der Waals surface area contributed by atoms with Gasteiger partial charge >= 0.3 is 11.9 Å². The van der Waals surface area contributed by atoms with Gasteiger partial charge in [0.1, 0.15) is 42.7 Å². The molecule has 0 aromatic rings. The van der Waals surface area contributed by atoms with Crippen molar-refractivity contribution in [2.75, 3.05) is 0 Å². The molecule has 13 heteroatoms. The minimum absolute atomic E-state index is 0.205. The van der Waals surface area contributed by atoms with Crippen molar-refractivity contribution in [2.45, 2.75) is 191 Å². The minimum atomic E-state index is -1.67. The molecule has 0 aliphatic carbocycles. The monoisotopic (exact) mass is 650 g/mol. The summed E-state index contributed by atoms with van der Waals surface area (Å²) in [5.41, 5.74) is 0. The molecule has 2 saturated heterocycles. The molecule has 12 atom stereocenters. The number of rotatable bonds is 21. The van der Waals surface area contributed by atoms with Gasteiger partial charge in [-0.1, -0.05) is 71.6 Å². The summed E-state index contributed by atoms with van der Waals surface area (Å²) in [6, 6.07) is 0. The Labute approximate surface area is 267 Å². The molecule has 0 spiro atoms. The van der Waals surface area contributed by atoms with E-state index in [-0.39, 0.29) is 12.8 Å². The first kappa shape index (κ1) is 39.8. The summed E-state index contributed by atoms with van der Waals surface area (Å²) >= 11 is 0. The molecule has 0 radical (unpaired) electrons. The van der Waals surface area contributed by atoms with Gasteiger partial charge < -0.3 is 54.3 Å². The Kier molecular flexibility index (Phi) is 18.3. The van der Waals surface area contributed by atoms with Crippen molar-refractivity contribution in [1.29, 1.82) is 0 Å². The molecular weight excluding hydrogens is 592 g/mol. The molecule has 0 aromatic carbocycles. The van der Waals surface area contributed by atoms with Crippen LogP contribution < -0.4 is 0 Å². The quantitative estimate of drug-likeness (QED) is 0.0782. The average Bonchev–Trinajstić information content (AvgIpc) is 2.98. The molecule has 45 heavy (non-hydrogen) atoms. The zero-order chi connectivity index (χ0) is 33.5. The zero-order valence-corrected chi connectivity index (χ0v) is 27.4. The van der Waals surface area contributed by atoms with Crippen LogP contribution in [0.1, 0.15) is 118 Å². The number of carboxylic acid groups (broad SMARTS) is 1. The summed E-state index contributed by atoms with van der Waals surface area (Å²) in [5.74, 6) is -1.67. The lowest BCUT2D eigenvalue weighted by Crippen LogP contribution is -2.63. The smallest absolute Gasteiger partial charge is 0.308 e. The second-order valence-electron chi connectivity index (χ2n) is 12.6. The highest BCUT2D eigenvalue weighted by Crippen LogP contribution is 2.31. The highest BCUT2D eigenvalue weighted by Gasteiger charge is 2.50. The summed E-state index contributed by atoms with van der Waals surface area (Å²) in [5, 5.41) is 61.7. The van der Waals surface area contributed by atoms with Crippen LogP contribution in [0.4, 0.5) is 0 Å². The molecule has 2 aliphatic heterocycles. The highest BCUT2D eigenvalue weighted by molar-refractivity contribution is 5.72. The van der Waals surface area contributed by atoms with Crippen molar-refractivity contribution in [3.63, 3.8) is 0 Å². The molecule has 0 bridgehead atoms. The molecule has 2 heterocycles. The standard InChI is InChI=1S/C32H58O13/c1-5-7-9-11-13-15-21(17-23(33)34)43-24(35)18-22(16-14-12-10-8-6-2)44-32-30(28(39)26(37)20(4)42-32)45-31-29(40)27(38)25(36)19(3)41-31/h19-22,25-32,36-40H,5-18H2,1-4H3,(H,33,34)/t19?,20?,21-,22-,25+,26+,27+,28+,29?,30?,31+,32+/m1/s1. The van der Waals surface area contributed by atoms with Gasteiger partial charge in [-0.25, -0.2) is 0 Å². The van der Waals surface area contributed by atoms with E-state index in [0.717, 1.165) is 64.2 Å². The van der Waals surface area contributed by atoms with Gasteiger partial charge in [0, 0.05) is 0 Å². The first-order chi connectivity index (χ1) is 21.4. The van der Waals surface area contributed by atoms with E-state index in [1.54, 1.807) is 6.92 Å². The van der Waals surface area contributed by atoms with Crippen LogP contribution in [0.2, 0.25) is 0 Å². The van der Waals surface area contributed by atoms with E-state index in [1.165, 1.54) is 6.92 Å². The van der Waals surface area contributed by atoms with Crippen LogP contribution in [0.3, 0.4) is 0 Å². The number of hydrogen-bond donors (Lipinski definition) is 6. The summed E-state index contributed by atoms with van der Waals surface area (Å²) in [4.78, 5) is 24.6. The van der Waals surface area contributed by atoms with E-state index in [4.69, 9.17) is 23.7 Å². The number of aliphatic hydroxyl groups excluding tert-OH is 5. The molecule has 6 N–H and O–H groups in total. The lowest BCUT2D eigenvalue weighted by molar-refractivity contribution is -0.366. The van der Waals surface area contributed by atoms with Crippen molar-refractivity contribution < 1.29 is 63.9 Å². The van der Waals surface area contributed by atoms with Crippen LogP contribution in [0.5, 0.6) is 0 Å². The molecule has 2 rings (SSSR count). The second kappa shape index (κ2) is 20.7. The van der Waals surface area contributed by atoms with Crippen molar-refractivity contribution in [3.05, 3.63) is 0 Å². The molecule has 13 nitrogen and oxygen atoms in total. The second-order valence-corrected chi connectivity index (χ2v) is 12.6. The number of esters is 1. The number of ether oxygens (including phenoxy) is 5. The van der Waals surface area contributed by atoms with Gasteiger partial charge in [0.05, 0.1) is 31.2 Å². The first-order valence-electron chi connectivity index (χ1n) is 16.8. The fourth-order valence-electron chi connectivity index (χ4n) is 5.71. The third-order valence-corrected chi connectivity index (χ3v) is 8.56. The van der Waals surface area contributed by atoms with E-state index in [1.807, 2.05) is 0 Å². The van der Waals surface area contributed by atoms with Crippen molar-refractivity contribution in [2.24, 2.45) is 0 Å². The topological polar surface area (TPSA) is 202 Å². The van der Waals surface area contributed by atoms with Crippen LogP contribution in [-0.2, 0) is 33.3 Å². The molecule has 264 valence electrons. The van der Waals surface area contributed by atoms with E-state index in [9.17, 15) is 40.2 Å². The van der Waals surface area contributed by atoms with Gasteiger partial charge in [-0.05, 0) is 33.1 Å². The van der Waals surface area contributed by atoms with E-state index in [0.29, 0.717) is 12.8 Å². The van der Waals surface area contributed by atoms with Gasteiger partial charge in [0.15, 0.2) is 12.6 Å². The first-order valence-corrected chi connectivity index (χ1v) is 16.8. The fourth-order valence-corrected chi connectivity index (χ4v) is 5.71. The van der Waals surface area contributed by atoms with Gasteiger partial charge in [0.25, 0.3) is 0 Å². The maximum Gasteiger partial charge on any atom is 0.308 e. The number of carbonyl (C=O) groups excluding carboxylic acids is 1. The Morgan fingerprint density at radius 2 is 1.16 bits per heavy atom. The maximum absolute atomic E-state index is 13.1. The highest BCUT2D eigenvalue weighted by atomic mass is 16.8. The van der Waals surface area contributed by atoms with Crippen molar-refractivity contribution in [1.82, 2.24) is 0 Å². The Morgan fingerprint density at radius 3 is 1.71 bits per heavy atom. The van der Waals surface area contributed by atoms with Gasteiger partial charge in [-0.3, -0.25) is 9.59 Å². The molecule has 2 aliphatic rings. The van der Waals surface area contributed by atoms with Gasteiger partial charge in [-0.15, -0.1) is 0 Å². The van der Waals surface area contributed by atoms with Crippen molar-refractivity contribution in [3.8, 4) is 0 Å². The lowest BCUT2D eigenvalue weighted by atomic mass is 9.97. The molecular formula is C32H58O13. The van der Waals surface area contributed by atoms with Crippen LogP contribution in [0, 0.1) is 0 Å². The van der Waals surface area contributed by atoms with E-state index < -0.39 is 85.6 Å². The van der Waals surface area contributed by atoms with Crippen molar-refractivity contribution >= 4 is 11.9 Å². The number of unbranched alkanes of at least 4 members (excludes halogenated alkanes) is 8. The predicted octanol–water partition coefficient (Wildman–Crippen LogP) is 2.55. The number of aliphatic carboxylic acids is 1. The Hall–Kier alpha value is -1.42. The van der Waals surface area contributed by atoms with Crippen LogP contribution >= 0.6 is 0 Å². The number of hydrogen-bond acceptors (Lipinski definition) is 12. The summed E-state index contributed by atoms with van der Waals surface area (Å²) in [6.07, 6.45) is -5.07. The summed E-state index contributed by atoms with van der Waals surface area (Å²) in [7, 11) is 0. The normalized spacial score (nSPS) is 33.4. The van der Waals surface area contributed by atoms with Crippen LogP contribution in [0.25, 0.3) is 0 Å². The lowest BCUT2D eigenvalue weighted by Gasteiger charge is -2.46. The number of carbonyl (C=O) groups is 2. The summed E-state index contributed by atoms with van der Waals surface area (Å²) < 4.78 is 29.1. The van der Waals surface area contributed by atoms with E-state index >= 15 is 0 Å². The minimum Gasteiger partial charge on any atom is -0.481 e. The third-order valence-electron chi connectivity index (χ3n) is 8.56. The largest absolute Gasteiger partial charge is 0.481 e. The number of carboxylic acids is 1. The number of aliphatic hydroxyl groups is 5. The van der Waals surface area contributed by atoms with Crippen LogP contribution in [-0.4, -0.2) is 116 Å². The maximum atomic E-state index is 13.1. The Bertz CT molecular complexity index is 844. The summed E-state index contributed by atoms with van der Waals surface area (Å²) in [6.45, 7) is 7.24. The fraction of sp³-hybridized carbons (Fsp3) is 0.938. The molecule has 4 unspecified atom stereocenters. The Balaban J connectivity index is 2.16. The molecule has 0 amide bonds.